The third-order valence-electron chi connectivity index (χ3n) is 4.53. The molecule has 17 heteroatoms. The van der Waals surface area contributed by atoms with Crippen molar-refractivity contribution in [2.75, 3.05) is 10.6 Å². The van der Waals surface area contributed by atoms with Crippen LogP contribution < -0.4 is 15.4 Å². The predicted octanol–water partition coefficient (Wildman–Crippen LogP) is 8.37. The molecule has 0 atom stereocenters. The Bertz CT molecular complexity index is 1480. The van der Waals surface area contributed by atoms with Gasteiger partial charge >= 0.3 is 18.4 Å². The quantitative estimate of drug-likeness (QED) is 0.196. The number of urea groups is 1. The summed E-state index contributed by atoms with van der Waals surface area (Å²) in [6.07, 6.45) is -10.4. The number of hydrogen-bond acceptors (Lipinski definition) is 4. The summed E-state index contributed by atoms with van der Waals surface area (Å²) in [4.78, 5) is 11.5. The van der Waals surface area contributed by atoms with Crippen LogP contribution in [0, 0.1) is 0 Å². The molecule has 3 aromatic carbocycles. The van der Waals surface area contributed by atoms with Crippen molar-refractivity contribution in [3.63, 3.8) is 0 Å². The Morgan fingerprint density at radius 1 is 0.789 bits per heavy atom. The highest BCUT2D eigenvalue weighted by atomic mass is 35.5. The average molecular weight is 624 g/mol. The van der Waals surface area contributed by atoms with Gasteiger partial charge in [-0.15, -0.1) is 0 Å². The van der Waals surface area contributed by atoms with E-state index in [2.05, 4.69) is 0 Å². The molecule has 0 aromatic heterocycles. The zero-order valence-corrected chi connectivity index (χ0v) is 21.1. The first-order valence-corrected chi connectivity index (χ1v) is 12.2. The van der Waals surface area contributed by atoms with Crippen LogP contribution in [0.4, 0.5) is 42.5 Å². The third-order valence-corrected chi connectivity index (χ3v) is 6.42. The van der Waals surface area contributed by atoms with Crippen LogP contribution in [-0.4, -0.2) is 19.0 Å². The molecule has 38 heavy (non-hydrogen) atoms. The number of halogens is 9. The minimum absolute atomic E-state index is 0.0695. The van der Waals surface area contributed by atoms with Gasteiger partial charge < -0.3 is 15.4 Å². The van der Waals surface area contributed by atoms with Crippen molar-refractivity contribution in [3.8, 4) is 11.5 Å². The van der Waals surface area contributed by atoms with Gasteiger partial charge in [0.1, 0.15) is 16.3 Å². The first-order valence-electron chi connectivity index (χ1n) is 9.66. The second-order valence-corrected chi connectivity index (χ2v) is 9.88. The lowest BCUT2D eigenvalue weighted by Crippen LogP contribution is -2.22. The number of nitrogens with one attached hydrogen (secondary N) is 2. The van der Waals surface area contributed by atoms with Crippen LogP contribution >= 0.6 is 34.8 Å². The zero-order chi connectivity index (χ0) is 28.6. The van der Waals surface area contributed by atoms with Gasteiger partial charge in [-0.1, -0.05) is 34.8 Å². The van der Waals surface area contributed by atoms with Crippen LogP contribution in [-0.2, 0) is 22.5 Å². The highest BCUT2D eigenvalue weighted by Crippen LogP contribution is 2.42. The van der Waals surface area contributed by atoms with Crippen molar-refractivity contribution in [3.05, 3.63) is 74.7 Å². The topological polar surface area (TPSA) is 105 Å². The maximum absolute atomic E-state index is 13.1. The largest absolute Gasteiger partial charge is 0.454 e. The molecule has 0 radical (unpaired) electrons. The summed E-state index contributed by atoms with van der Waals surface area (Å²) in [6, 6.07) is 4.65. The molecule has 0 heterocycles. The lowest BCUT2D eigenvalue weighted by atomic mass is 10.1. The summed E-state index contributed by atoms with van der Waals surface area (Å²) in [5.74, 6) is -0.600. The molecule has 0 fully saturated rings. The molecule has 0 bridgehead atoms. The molecule has 2 amide bonds. The van der Waals surface area contributed by atoms with E-state index in [-0.39, 0.29) is 34.0 Å². The molecule has 0 unspecified atom stereocenters. The molecule has 3 N–H and O–H groups in total. The molecule has 3 aromatic rings. The Kier molecular flexibility index (Phi) is 8.34. The first kappa shape index (κ1) is 29.6. The summed E-state index contributed by atoms with van der Waals surface area (Å²) in [5, 5.41) is 3.19. The summed E-state index contributed by atoms with van der Waals surface area (Å²) in [5.41, 5.74) is -5.19. The fraction of sp³-hybridized carbons (Fsp3) is 0.0952. The van der Waals surface area contributed by atoms with E-state index in [1.54, 1.807) is 5.32 Å². The Morgan fingerprint density at radius 3 is 1.84 bits per heavy atom. The molecule has 0 aliphatic heterocycles. The monoisotopic (exact) mass is 622 g/mol. The van der Waals surface area contributed by atoms with Crippen molar-refractivity contribution in [1.29, 1.82) is 0 Å². The SMILES string of the molecule is O=C(Nc1cc(C(F)(F)F)cc(C(F)(F)F)c1)Nc1c(Oc2ccc(Cl)cc2Cl)ccc(Cl)c1S(=O)(=O)O. The predicted molar refractivity (Wildman–Crippen MR) is 127 cm³/mol. The van der Waals surface area contributed by atoms with Crippen LogP contribution in [0.5, 0.6) is 11.5 Å². The van der Waals surface area contributed by atoms with Crippen LogP contribution in [0.1, 0.15) is 11.1 Å². The van der Waals surface area contributed by atoms with E-state index in [1.807, 2.05) is 5.32 Å². The second kappa shape index (κ2) is 10.7. The highest BCUT2D eigenvalue weighted by Gasteiger charge is 2.37. The lowest BCUT2D eigenvalue weighted by molar-refractivity contribution is -0.143. The summed E-state index contributed by atoms with van der Waals surface area (Å²) in [6.45, 7) is 0. The fourth-order valence-electron chi connectivity index (χ4n) is 2.97. The average Bonchev–Trinajstić information content (AvgIpc) is 2.75. The number of carbonyl (C=O) groups excluding carboxylic acids is 1. The standard InChI is InChI=1S/C21H11Cl3F6N2O5S/c22-11-1-3-15(14(24)8-11)37-16-4-2-13(23)18(38(34,35)36)17(16)32-19(33)31-12-6-9(20(25,26)27)5-10(7-12)21(28,29)30/h1-8H,(H2,31,32,33)(H,34,35,36). The Morgan fingerprint density at radius 2 is 1.34 bits per heavy atom. The van der Waals surface area contributed by atoms with Gasteiger partial charge in [-0.05, 0) is 48.5 Å². The van der Waals surface area contributed by atoms with Gasteiger partial charge in [0.25, 0.3) is 10.1 Å². The van der Waals surface area contributed by atoms with Gasteiger partial charge in [-0.2, -0.15) is 34.8 Å². The van der Waals surface area contributed by atoms with E-state index in [9.17, 15) is 44.1 Å². The first-order chi connectivity index (χ1) is 17.4. The third kappa shape index (κ3) is 7.14. The van der Waals surface area contributed by atoms with E-state index in [0.29, 0.717) is 0 Å². The summed E-state index contributed by atoms with van der Waals surface area (Å²) >= 11 is 17.7. The Balaban J connectivity index is 2.05. The van der Waals surface area contributed by atoms with Gasteiger partial charge in [0.2, 0.25) is 0 Å². The molecule has 204 valence electrons. The van der Waals surface area contributed by atoms with Crippen molar-refractivity contribution < 1.29 is 48.8 Å². The van der Waals surface area contributed by atoms with Crippen LogP contribution in [0.2, 0.25) is 15.1 Å². The maximum atomic E-state index is 13.1. The van der Waals surface area contributed by atoms with E-state index in [4.69, 9.17) is 39.5 Å². The molecule has 0 aliphatic carbocycles. The van der Waals surface area contributed by atoms with Crippen LogP contribution in [0.15, 0.2) is 53.4 Å². The number of ether oxygens (including phenoxy) is 1. The van der Waals surface area contributed by atoms with Crippen LogP contribution in [0.25, 0.3) is 0 Å². The molecule has 0 aliphatic rings. The number of rotatable bonds is 5. The van der Waals surface area contributed by atoms with Gasteiger partial charge in [0.15, 0.2) is 5.75 Å². The maximum Gasteiger partial charge on any atom is 0.416 e. The van der Waals surface area contributed by atoms with Gasteiger partial charge in [-0.25, -0.2) is 4.79 Å². The number of anilines is 2. The van der Waals surface area contributed by atoms with Crippen molar-refractivity contribution in [1.82, 2.24) is 0 Å². The minimum Gasteiger partial charge on any atom is -0.454 e. The Hall–Kier alpha value is -2.91. The van der Waals surface area contributed by atoms with Gasteiger partial charge in [0, 0.05) is 10.7 Å². The highest BCUT2D eigenvalue weighted by molar-refractivity contribution is 7.86. The number of carbonyl (C=O) groups is 1. The number of alkyl halides is 6. The van der Waals surface area contributed by atoms with Gasteiger partial charge in [0.05, 0.1) is 21.2 Å². The van der Waals surface area contributed by atoms with Crippen molar-refractivity contribution >= 4 is 62.3 Å². The molecule has 7 nitrogen and oxygen atoms in total. The lowest BCUT2D eigenvalue weighted by Gasteiger charge is -2.18. The fourth-order valence-corrected chi connectivity index (χ4v) is 4.60. The summed E-state index contributed by atoms with van der Waals surface area (Å²) in [7, 11) is -5.17. The molecule has 0 saturated carbocycles. The number of hydrogen-bond donors (Lipinski definition) is 3. The second-order valence-electron chi connectivity index (χ2n) is 7.28. The number of benzene rings is 3. The molecule has 0 spiro atoms. The Labute approximate surface area is 225 Å². The zero-order valence-electron chi connectivity index (χ0n) is 18.0. The number of amides is 2. The smallest absolute Gasteiger partial charge is 0.416 e. The van der Waals surface area contributed by atoms with E-state index >= 15 is 0 Å². The summed E-state index contributed by atoms with van der Waals surface area (Å²) < 4.78 is 118. The normalized spacial score (nSPS) is 12.3. The van der Waals surface area contributed by atoms with Crippen LogP contribution in [0.3, 0.4) is 0 Å². The molecule has 3 rings (SSSR count). The van der Waals surface area contributed by atoms with E-state index in [1.165, 1.54) is 18.2 Å². The van der Waals surface area contributed by atoms with Crippen molar-refractivity contribution in [2.45, 2.75) is 17.2 Å². The molecular formula is C21H11Cl3F6N2O5S. The van der Waals surface area contributed by atoms with Gasteiger partial charge in [-0.3, -0.25) is 4.55 Å². The molecule has 0 saturated heterocycles. The van der Waals surface area contributed by atoms with E-state index in [0.717, 1.165) is 12.1 Å². The van der Waals surface area contributed by atoms with Crippen molar-refractivity contribution in [2.24, 2.45) is 0 Å². The molecular weight excluding hydrogens is 613 g/mol. The van der Waals surface area contributed by atoms with E-state index < -0.39 is 66.7 Å². The minimum atomic E-state index is -5.20.